The number of rotatable bonds is 5. The molecule has 3 saturated carbocycles. The van der Waals surface area contributed by atoms with Gasteiger partial charge in [-0.2, -0.15) is 5.10 Å². The van der Waals surface area contributed by atoms with Crippen LogP contribution in [0.5, 0.6) is 0 Å². The molecule has 4 rings (SSSR count). The van der Waals surface area contributed by atoms with Crippen molar-refractivity contribution in [2.45, 2.75) is 98.0 Å². The van der Waals surface area contributed by atoms with Crippen molar-refractivity contribution in [1.29, 1.82) is 0 Å². The van der Waals surface area contributed by atoms with Crippen LogP contribution in [0.15, 0.2) is 16.8 Å². The molecule has 0 spiro atoms. The first-order chi connectivity index (χ1) is 15.3. The molecule has 0 saturated heterocycles. The van der Waals surface area contributed by atoms with Gasteiger partial charge in [-0.15, -0.1) is 0 Å². The Balaban J connectivity index is 1.44. The highest BCUT2D eigenvalue weighted by molar-refractivity contribution is 7.80. The lowest BCUT2D eigenvalue weighted by Crippen LogP contribution is -2.51. The Morgan fingerprint density at radius 3 is 2.75 bits per heavy atom. The standard InChI is InChI=1S/C26H41N3O2S/c1-5-6-15-27-24(32)29-28-19-11-13-25(3)18(16-19)7-8-20-21-9-10-23(31-17(2)30)26(21,4)14-12-22(20)25/h16,20-23H,5-15H2,1-4H3,(H2,27,29,32)/t20-,21-,22-,23-,25-,26-/m0/s1. The number of hydrogen-bond acceptors (Lipinski definition) is 4. The van der Waals surface area contributed by atoms with Gasteiger partial charge >= 0.3 is 5.97 Å². The molecule has 6 atom stereocenters. The number of hydrazone groups is 1. The number of nitrogens with one attached hydrogen (secondary N) is 2. The largest absolute Gasteiger partial charge is 0.462 e. The number of ether oxygens (including phenoxy) is 1. The summed E-state index contributed by atoms with van der Waals surface area (Å²) in [6.45, 7) is 9.55. The van der Waals surface area contributed by atoms with Crippen LogP contribution >= 0.6 is 12.2 Å². The van der Waals surface area contributed by atoms with Crippen LogP contribution < -0.4 is 10.7 Å². The molecule has 0 bridgehead atoms. The first kappa shape index (κ1) is 23.7. The number of unbranched alkanes of at least 4 members (excludes halogenated alkanes) is 1. The topological polar surface area (TPSA) is 62.7 Å². The summed E-state index contributed by atoms with van der Waals surface area (Å²) in [6.07, 6.45) is 14.0. The number of thiocarbonyl (C=S) groups is 1. The molecule has 0 heterocycles. The van der Waals surface area contributed by atoms with Crippen LogP contribution in [0.4, 0.5) is 0 Å². The number of fused-ring (bicyclic) bond motifs is 5. The Kier molecular flexibility index (Phi) is 7.00. The maximum Gasteiger partial charge on any atom is 0.302 e. The predicted octanol–water partition coefficient (Wildman–Crippen LogP) is 5.50. The van der Waals surface area contributed by atoms with Crippen LogP contribution in [-0.2, 0) is 9.53 Å². The van der Waals surface area contributed by atoms with Gasteiger partial charge in [0, 0.05) is 18.9 Å². The van der Waals surface area contributed by atoms with Gasteiger partial charge in [0.25, 0.3) is 0 Å². The van der Waals surface area contributed by atoms with Crippen LogP contribution in [-0.4, -0.2) is 29.4 Å². The first-order valence-electron chi connectivity index (χ1n) is 12.8. The number of nitrogens with zero attached hydrogens (tertiary/aromatic N) is 1. The van der Waals surface area contributed by atoms with Gasteiger partial charge in [-0.25, -0.2) is 0 Å². The number of esters is 1. The summed E-state index contributed by atoms with van der Waals surface area (Å²) in [5, 5.41) is 8.48. The molecule has 3 fully saturated rings. The van der Waals surface area contributed by atoms with Crippen molar-refractivity contribution in [3.05, 3.63) is 11.6 Å². The highest BCUT2D eigenvalue weighted by Crippen LogP contribution is 2.65. The van der Waals surface area contributed by atoms with Gasteiger partial charge in [-0.05, 0) is 99.2 Å². The smallest absolute Gasteiger partial charge is 0.302 e. The van der Waals surface area contributed by atoms with E-state index in [-0.39, 0.29) is 22.9 Å². The second-order valence-electron chi connectivity index (χ2n) is 11.0. The normalized spacial score (nSPS) is 39.4. The molecule has 4 aliphatic carbocycles. The van der Waals surface area contributed by atoms with Crippen LogP contribution in [0.3, 0.4) is 0 Å². The molecule has 0 aliphatic heterocycles. The zero-order chi connectivity index (χ0) is 22.9. The van der Waals surface area contributed by atoms with Crippen LogP contribution in [0, 0.1) is 28.6 Å². The molecule has 2 N–H and O–H groups in total. The molecule has 178 valence electrons. The van der Waals surface area contributed by atoms with Gasteiger partial charge < -0.3 is 10.1 Å². The molecule has 0 amide bonds. The van der Waals surface area contributed by atoms with Crippen molar-refractivity contribution >= 4 is 29.0 Å². The third-order valence-corrected chi connectivity index (χ3v) is 9.55. The molecule has 0 unspecified atom stereocenters. The van der Waals surface area contributed by atoms with Gasteiger partial charge in [0.15, 0.2) is 5.11 Å². The van der Waals surface area contributed by atoms with E-state index in [1.807, 2.05) is 0 Å². The third kappa shape index (κ3) is 4.36. The summed E-state index contributed by atoms with van der Waals surface area (Å²) in [5.41, 5.74) is 6.22. The van der Waals surface area contributed by atoms with Crippen molar-refractivity contribution in [2.75, 3.05) is 6.54 Å². The zero-order valence-corrected chi connectivity index (χ0v) is 21.2. The Bertz CT molecular complexity index is 809. The van der Waals surface area contributed by atoms with Crippen molar-refractivity contribution in [1.82, 2.24) is 10.7 Å². The van der Waals surface area contributed by atoms with E-state index in [1.165, 1.54) is 38.5 Å². The lowest BCUT2D eigenvalue weighted by atomic mass is 9.47. The Morgan fingerprint density at radius 1 is 1.19 bits per heavy atom. The van der Waals surface area contributed by atoms with E-state index < -0.39 is 0 Å². The van der Waals surface area contributed by atoms with Crippen LogP contribution in [0.2, 0.25) is 0 Å². The first-order valence-corrected chi connectivity index (χ1v) is 13.2. The number of hydrogen-bond donors (Lipinski definition) is 2. The number of allylic oxidation sites excluding steroid dienone is 2. The average Bonchev–Trinajstić information content (AvgIpc) is 3.08. The molecule has 0 aromatic heterocycles. The van der Waals surface area contributed by atoms with Crippen molar-refractivity contribution in [3.63, 3.8) is 0 Å². The SMILES string of the molecule is CCCCNC(=S)NN=C1C=C2CC[C@H]3[C@@H]4CC[C@H](OC(C)=O)[C@@]4(C)CC[C@@H]3[C@@]2(C)CC1. The maximum atomic E-state index is 11.7. The third-order valence-electron chi connectivity index (χ3n) is 9.32. The van der Waals surface area contributed by atoms with Gasteiger partial charge in [-0.1, -0.05) is 32.8 Å². The average molecular weight is 460 g/mol. The van der Waals surface area contributed by atoms with Gasteiger partial charge in [0.1, 0.15) is 6.10 Å². The minimum absolute atomic E-state index is 0.113. The van der Waals surface area contributed by atoms with Gasteiger partial charge in [0.2, 0.25) is 0 Å². The monoisotopic (exact) mass is 459 g/mol. The maximum absolute atomic E-state index is 11.7. The molecule has 0 aromatic carbocycles. The molecule has 4 aliphatic rings. The second kappa shape index (κ2) is 9.44. The van der Waals surface area contributed by atoms with E-state index in [1.54, 1.807) is 12.5 Å². The fourth-order valence-electron chi connectivity index (χ4n) is 7.55. The fourth-order valence-corrected chi connectivity index (χ4v) is 7.69. The van der Waals surface area contributed by atoms with E-state index >= 15 is 0 Å². The fraction of sp³-hybridized carbons (Fsp3) is 0.808. The Morgan fingerprint density at radius 2 is 2.00 bits per heavy atom. The molecule has 5 nitrogen and oxygen atoms in total. The van der Waals surface area contributed by atoms with Crippen molar-refractivity contribution in [3.8, 4) is 0 Å². The van der Waals surface area contributed by atoms with E-state index in [0.717, 1.165) is 49.8 Å². The van der Waals surface area contributed by atoms with Crippen LogP contribution in [0.25, 0.3) is 0 Å². The molecule has 32 heavy (non-hydrogen) atoms. The number of carbonyl (C=O) groups excluding carboxylic acids is 1. The molecule has 0 radical (unpaired) electrons. The zero-order valence-electron chi connectivity index (χ0n) is 20.3. The predicted molar refractivity (Wildman–Crippen MR) is 133 cm³/mol. The minimum atomic E-state index is -0.118. The lowest BCUT2D eigenvalue weighted by Gasteiger charge is -2.58. The number of carbonyl (C=O) groups is 1. The molecular weight excluding hydrogens is 418 g/mol. The van der Waals surface area contributed by atoms with Crippen LogP contribution in [0.1, 0.15) is 91.9 Å². The molecular formula is C26H41N3O2S. The highest BCUT2D eigenvalue weighted by atomic mass is 32.1. The van der Waals surface area contributed by atoms with E-state index in [0.29, 0.717) is 11.0 Å². The highest BCUT2D eigenvalue weighted by Gasteiger charge is 2.59. The van der Waals surface area contributed by atoms with Gasteiger partial charge in [0.05, 0.1) is 5.71 Å². The molecule has 6 heteroatoms. The summed E-state index contributed by atoms with van der Waals surface area (Å²) < 4.78 is 5.80. The lowest BCUT2D eigenvalue weighted by molar-refractivity contribution is -0.157. The summed E-state index contributed by atoms with van der Waals surface area (Å²) in [7, 11) is 0. The molecule has 0 aromatic rings. The second-order valence-corrected chi connectivity index (χ2v) is 11.5. The summed E-state index contributed by atoms with van der Waals surface area (Å²) >= 11 is 5.36. The summed E-state index contributed by atoms with van der Waals surface area (Å²) in [4.78, 5) is 11.7. The van der Waals surface area contributed by atoms with E-state index in [4.69, 9.17) is 17.0 Å². The Hall–Kier alpha value is -1.43. The quantitative estimate of drug-likeness (QED) is 0.246. The van der Waals surface area contributed by atoms with E-state index in [9.17, 15) is 4.79 Å². The summed E-state index contributed by atoms with van der Waals surface area (Å²) in [6, 6.07) is 0. The van der Waals surface area contributed by atoms with E-state index in [2.05, 4.69) is 42.7 Å². The van der Waals surface area contributed by atoms with Gasteiger partial charge in [-0.3, -0.25) is 10.2 Å². The summed E-state index contributed by atoms with van der Waals surface area (Å²) in [5.74, 6) is 2.06. The van der Waals surface area contributed by atoms with Crippen molar-refractivity contribution in [2.24, 2.45) is 33.7 Å². The van der Waals surface area contributed by atoms with Crippen molar-refractivity contribution < 1.29 is 9.53 Å². The minimum Gasteiger partial charge on any atom is -0.462 e. The Labute approximate surface area is 199 Å².